The quantitative estimate of drug-likeness (QED) is 0.666. The minimum atomic E-state index is -0.0646. The van der Waals surface area contributed by atoms with E-state index in [1.54, 1.807) is 0 Å². The Bertz CT molecular complexity index is 326. The van der Waals surface area contributed by atoms with E-state index in [-0.39, 0.29) is 24.1 Å². The number of unbranched alkanes of at least 4 members (excludes halogenated alkanes) is 1. The van der Waals surface area contributed by atoms with Crippen LogP contribution in [0.5, 0.6) is 0 Å². The number of ether oxygens (including phenoxy) is 2. The van der Waals surface area contributed by atoms with Gasteiger partial charge >= 0.3 is 11.9 Å². The Morgan fingerprint density at radius 3 is 2.58 bits per heavy atom. The molecule has 2 saturated heterocycles. The molecule has 0 spiro atoms. The molecule has 4 nitrogen and oxygen atoms in total. The lowest BCUT2D eigenvalue weighted by molar-refractivity contribution is -0.142. The molecule has 0 aromatic rings. The second-order valence-corrected chi connectivity index (χ2v) is 5.72. The Morgan fingerprint density at radius 1 is 1.05 bits per heavy atom. The number of carbonyl (C=O) groups is 2. The zero-order chi connectivity index (χ0) is 13.7. The normalized spacial score (nSPS) is 30.5. The van der Waals surface area contributed by atoms with Gasteiger partial charge in [-0.1, -0.05) is 19.8 Å². The maximum atomic E-state index is 11.4. The average molecular weight is 268 g/mol. The molecule has 2 aliphatic heterocycles. The first-order valence-electron chi connectivity index (χ1n) is 7.58. The molecule has 0 saturated carbocycles. The molecule has 2 fully saturated rings. The highest BCUT2D eigenvalue weighted by molar-refractivity contribution is 5.72. The van der Waals surface area contributed by atoms with E-state index in [4.69, 9.17) is 9.47 Å². The molecule has 0 bridgehead atoms. The Kier molecular flexibility index (Phi) is 5.23. The zero-order valence-corrected chi connectivity index (χ0v) is 11.7. The van der Waals surface area contributed by atoms with Gasteiger partial charge in [-0.2, -0.15) is 0 Å². The van der Waals surface area contributed by atoms with Gasteiger partial charge in [0.05, 0.1) is 6.42 Å². The molecule has 3 atom stereocenters. The van der Waals surface area contributed by atoms with Gasteiger partial charge < -0.3 is 9.47 Å². The van der Waals surface area contributed by atoms with E-state index in [1.807, 2.05) is 0 Å². The lowest BCUT2D eigenvalue weighted by Gasteiger charge is -2.17. The molecule has 2 heterocycles. The van der Waals surface area contributed by atoms with Gasteiger partial charge in [0.1, 0.15) is 12.2 Å². The third kappa shape index (κ3) is 4.22. The highest BCUT2D eigenvalue weighted by Crippen LogP contribution is 2.31. The van der Waals surface area contributed by atoms with Gasteiger partial charge in [-0.05, 0) is 32.1 Å². The summed E-state index contributed by atoms with van der Waals surface area (Å²) in [5.74, 6) is 0.264. The van der Waals surface area contributed by atoms with Crippen molar-refractivity contribution in [1.82, 2.24) is 0 Å². The Labute approximate surface area is 114 Å². The summed E-state index contributed by atoms with van der Waals surface area (Å²) in [5.41, 5.74) is 0. The zero-order valence-electron chi connectivity index (χ0n) is 11.7. The van der Waals surface area contributed by atoms with E-state index < -0.39 is 0 Å². The van der Waals surface area contributed by atoms with Crippen LogP contribution in [0.4, 0.5) is 0 Å². The van der Waals surface area contributed by atoms with Gasteiger partial charge in [-0.25, -0.2) is 0 Å². The van der Waals surface area contributed by atoms with Crippen molar-refractivity contribution < 1.29 is 19.1 Å². The van der Waals surface area contributed by atoms with Crippen molar-refractivity contribution in [1.29, 1.82) is 0 Å². The van der Waals surface area contributed by atoms with Crippen LogP contribution in [0.1, 0.15) is 64.7 Å². The summed E-state index contributed by atoms with van der Waals surface area (Å²) in [6.45, 7) is 2.15. The van der Waals surface area contributed by atoms with Crippen LogP contribution in [0.2, 0.25) is 0 Å². The van der Waals surface area contributed by atoms with Crippen LogP contribution in [-0.2, 0) is 19.1 Å². The topological polar surface area (TPSA) is 52.6 Å². The van der Waals surface area contributed by atoms with Gasteiger partial charge in [-0.15, -0.1) is 0 Å². The van der Waals surface area contributed by atoms with Crippen molar-refractivity contribution in [3.05, 3.63) is 0 Å². The molecular weight excluding hydrogens is 244 g/mol. The minimum Gasteiger partial charge on any atom is -0.462 e. The number of esters is 2. The van der Waals surface area contributed by atoms with Crippen LogP contribution in [0, 0.1) is 5.92 Å². The van der Waals surface area contributed by atoms with E-state index in [9.17, 15) is 9.59 Å². The summed E-state index contributed by atoms with van der Waals surface area (Å²) in [6.07, 6.45) is 8.43. The maximum Gasteiger partial charge on any atom is 0.306 e. The van der Waals surface area contributed by atoms with Gasteiger partial charge in [-0.3, -0.25) is 9.59 Å². The SMILES string of the molecule is CCCCC1OC(=O)CC1CCCC1CCC(=O)O1. The smallest absolute Gasteiger partial charge is 0.306 e. The number of carbonyl (C=O) groups excluding carboxylic acids is 2. The van der Waals surface area contributed by atoms with Crippen LogP contribution in [-0.4, -0.2) is 24.1 Å². The van der Waals surface area contributed by atoms with Crippen molar-refractivity contribution >= 4 is 11.9 Å². The average Bonchev–Trinajstić information content (AvgIpc) is 2.93. The minimum absolute atomic E-state index is 0.0432. The van der Waals surface area contributed by atoms with Crippen molar-refractivity contribution in [2.24, 2.45) is 5.92 Å². The summed E-state index contributed by atoms with van der Waals surface area (Å²) < 4.78 is 10.6. The molecule has 0 N–H and O–H groups in total. The number of hydrogen-bond acceptors (Lipinski definition) is 4. The van der Waals surface area contributed by atoms with Gasteiger partial charge in [0.15, 0.2) is 0 Å². The van der Waals surface area contributed by atoms with Crippen molar-refractivity contribution in [3.8, 4) is 0 Å². The van der Waals surface area contributed by atoms with E-state index in [1.165, 1.54) is 0 Å². The molecule has 0 radical (unpaired) electrons. The lowest BCUT2D eigenvalue weighted by Crippen LogP contribution is -2.16. The molecule has 0 amide bonds. The molecule has 0 aromatic heterocycles. The molecular formula is C15H24O4. The molecule has 3 unspecified atom stereocenters. The van der Waals surface area contributed by atoms with E-state index in [2.05, 4.69) is 6.92 Å². The third-order valence-electron chi connectivity index (χ3n) is 4.15. The van der Waals surface area contributed by atoms with E-state index in [0.29, 0.717) is 18.8 Å². The van der Waals surface area contributed by atoms with Crippen LogP contribution in [0.25, 0.3) is 0 Å². The molecule has 4 heteroatoms. The second-order valence-electron chi connectivity index (χ2n) is 5.72. The summed E-state index contributed by atoms with van der Waals surface area (Å²) in [7, 11) is 0. The first-order chi connectivity index (χ1) is 9.19. The fraction of sp³-hybridized carbons (Fsp3) is 0.867. The van der Waals surface area contributed by atoms with Crippen LogP contribution in [0.3, 0.4) is 0 Å². The highest BCUT2D eigenvalue weighted by Gasteiger charge is 2.34. The molecule has 0 aromatic carbocycles. The number of hydrogen-bond donors (Lipinski definition) is 0. The van der Waals surface area contributed by atoms with E-state index >= 15 is 0 Å². The molecule has 108 valence electrons. The third-order valence-corrected chi connectivity index (χ3v) is 4.15. The predicted octanol–water partition coefficient (Wildman–Crippen LogP) is 2.98. The monoisotopic (exact) mass is 268 g/mol. The lowest BCUT2D eigenvalue weighted by atomic mass is 9.91. The van der Waals surface area contributed by atoms with Crippen molar-refractivity contribution in [2.75, 3.05) is 0 Å². The summed E-state index contributed by atoms with van der Waals surface area (Å²) in [5, 5.41) is 0. The second kappa shape index (κ2) is 6.92. The van der Waals surface area contributed by atoms with Gasteiger partial charge in [0.2, 0.25) is 0 Å². The van der Waals surface area contributed by atoms with Gasteiger partial charge in [0.25, 0.3) is 0 Å². The fourth-order valence-electron chi connectivity index (χ4n) is 3.04. The number of cyclic esters (lactones) is 2. The summed E-state index contributed by atoms with van der Waals surface area (Å²) in [4.78, 5) is 22.4. The van der Waals surface area contributed by atoms with Crippen LogP contribution >= 0.6 is 0 Å². The molecule has 2 aliphatic rings. The van der Waals surface area contributed by atoms with Crippen molar-refractivity contribution in [3.63, 3.8) is 0 Å². The molecule has 19 heavy (non-hydrogen) atoms. The number of rotatable bonds is 7. The first kappa shape index (κ1) is 14.4. The Morgan fingerprint density at radius 2 is 1.89 bits per heavy atom. The highest BCUT2D eigenvalue weighted by atomic mass is 16.6. The van der Waals surface area contributed by atoms with Crippen LogP contribution < -0.4 is 0 Å². The van der Waals surface area contributed by atoms with Gasteiger partial charge in [0, 0.05) is 12.3 Å². The standard InChI is InChI=1S/C15H24O4/c1-2-3-7-13-11(10-15(17)19-13)5-4-6-12-8-9-14(16)18-12/h11-13H,2-10H2,1H3. The largest absolute Gasteiger partial charge is 0.462 e. The summed E-state index contributed by atoms with van der Waals surface area (Å²) in [6, 6.07) is 0. The van der Waals surface area contributed by atoms with Crippen LogP contribution in [0.15, 0.2) is 0 Å². The Balaban J connectivity index is 1.68. The first-order valence-corrected chi connectivity index (χ1v) is 7.58. The fourth-order valence-corrected chi connectivity index (χ4v) is 3.04. The molecule has 0 aliphatic carbocycles. The maximum absolute atomic E-state index is 11.4. The molecule has 2 rings (SSSR count). The summed E-state index contributed by atoms with van der Waals surface area (Å²) >= 11 is 0. The Hall–Kier alpha value is -1.06. The van der Waals surface area contributed by atoms with Crippen molar-refractivity contribution in [2.45, 2.75) is 76.9 Å². The predicted molar refractivity (Wildman–Crippen MR) is 70.5 cm³/mol. The van der Waals surface area contributed by atoms with E-state index in [0.717, 1.165) is 44.9 Å².